The number of hydrogen-bond donors (Lipinski definition) is 1. The van der Waals surface area contributed by atoms with Crippen molar-refractivity contribution in [2.24, 2.45) is 0 Å². The molecule has 1 atom stereocenters. The van der Waals surface area contributed by atoms with Gasteiger partial charge in [-0.15, -0.1) is 0 Å². The third-order valence-corrected chi connectivity index (χ3v) is 3.57. The van der Waals surface area contributed by atoms with Crippen molar-refractivity contribution >= 4 is 5.91 Å². The first-order valence-electron chi connectivity index (χ1n) is 7.66. The summed E-state index contributed by atoms with van der Waals surface area (Å²) in [5.41, 5.74) is 2.39. The predicted molar refractivity (Wildman–Crippen MR) is 89.2 cm³/mol. The molecule has 0 heterocycles. The van der Waals surface area contributed by atoms with E-state index >= 15 is 0 Å². The Labute approximate surface area is 132 Å². The van der Waals surface area contributed by atoms with E-state index in [4.69, 9.17) is 4.74 Å². The number of ether oxygens (including phenoxy) is 1. The minimum absolute atomic E-state index is 0.0591. The number of hydrogen-bond acceptors (Lipinski definition) is 2. The third kappa shape index (κ3) is 5.24. The molecule has 1 N–H and O–H groups in total. The molecule has 0 aliphatic heterocycles. The summed E-state index contributed by atoms with van der Waals surface area (Å²) in [5, 5.41) is 2.90. The minimum Gasteiger partial charge on any atom is -0.492 e. The zero-order chi connectivity index (χ0) is 15.8. The van der Waals surface area contributed by atoms with Gasteiger partial charge in [0.15, 0.2) is 0 Å². The Hall–Kier alpha value is -2.29. The average Bonchev–Trinajstić information content (AvgIpc) is 2.54. The molecule has 2 aromatic carbocycles. The zero-order valence-corrected chi connectivity index (χ0v) is 13.2. The van der Waals surface area contributed by atoms with Crippen molar-refractivity contribution in [2.45, 2.75) is 26.2 Å². The van der Waals surface area contributed by atoms with Crippen LogP contribution in [0.3, 0.4) is 0 Å². The summed E-state index contributed by atoms with van der Waals surface area (Å²) < 4.78 is 5.59. The summed E-state index contributed by atoms with van der Waals surface area (Å²) in [5.74, 6) is 1.11. The van der Waals surface area contributed by atoms with Gasteiger partial charge < -0.3 is 10.1 Å². The SMILES string of the molecule is Cc1ccc(OCCNC(=O)CC(C)c2ccccc2)cc1. The molecule has 3 heteroatoms. The van der Waals surface area contributed by atoms with Crippen molar-refractivity contribution in [2.75, 3.05) is 13.2 Å². The third-order valence-electron chi connectivity index (χ3n) is 3.57. The minimum atomic E-state index is 0.0591. The number of carbonyl (C=O) groups is 1. The first kappa shape index (κ1) is 16.1. The van der Waals surface area contributed by atoms with E-state index in [0.717, 1.165) is 5.75 Å². The van der Waals surface area contributed by atoms with E-state index in [9.17, 15) is 4.79 Å². The maximum Gasteiger partial charge on any atom is 0.220 e. The van der Waals surface area contributed by atoms with Crippen molar-refractivity contribution < 1.29 is 9.53 Å². The fraction of sp³-hybridized carbons (Fsp3) is 0.316. The van der Waals surface area contributed by atoms with E-state index < -0.39 is 0 Å². The highest BCUT2D eigenvalue weighted by molar-refractivity contribution is 5.76. The smallest absolute Gasteiger partial charge is 0.220 e. The molecule has 22 heavy (non-hydrogen) atoms. The van der Waals surface area contributed by atoms with Gasteiger partial charge in [0.1, 0.15) is 12.4 Å². The molecule has 1 unspecified atom stereocenters. The van der Waals surface area contributed by atoms with Gasteiger partial charge in [0.25, 0.3) is 0 Å². The molecular formula is C19H23NO2. The number of rotatable bonds is 7. The Morgan fingerprint density at radius 3 is 2.45 bits per heavy atom. The van der Waals surface area contributed by atoms with E-state index in [1.165, 1.54) is 11.1 Å². The van der Waals surface area contributed by atoms with Gasteiger partial charge in [-0.1, -0.05) is 55.0 Å². The van der Waals surface area contributed by atoms with Gasteiger partial charge in [-0.25, -0.2) is 0 Å². The summed E-state index contributed by atoms with van der Waals surface area (Å²) in [6.07, 6.45) is 0.495. The second-order valence-corrected chi connectivity index (χ2v) is 5.53. The first-order chi connectivity index (χ1) is 10.6. The lowest BCUT2D eigenvalue weighted by molar-refractivity contribution is -0.121. The van der Waals surface area contributed by atoms with Crippen molar-refractivity contribution in [3.63, 3.8) is 0 Å². The van der Waals surface area contributed by atoms with E-state index in [1.54, 1.807) is 0 Å². The number of carbonyl (C=O) groups excluding carboxylic acids is 1. The van der Waals surface area contributed by atoms with Gasteiger partial charge in [-0.3, -0.25) is 4.79 Å². The molecule has 0 bridgehead atoms. The quantitative estimate of drug-likeness (QED) is 0.792. The zero-order valence-electron chi connectivity index (χ0n) is 13.2. The molecule has 116 valence electrons. The molecule has 1 amide bonds. The van der Waals surface area contributed by atoms with Crippen LogP contribution < -0.4 is 10.1 Å². The maximum atomic E-state index is 11.9. The number of aryl methyl sites for hydroxylation is 1. The van der Waals surface area contributed by atoms with Crippen molar-refractivity contribution in [3.05, 3.63) is 65.7 Å². The van der Waals surface area contributed by atoms with Crippen LogP contribution in [-0.4, -0.2) is 19.1 Å². The highest BCUT2D eigenvalue weighted by atomic mass is 16.5. The number of nitrogens with one attached hydrogen (secondary N) is 1. The second kappa shape index (κ2) is 8.23. The van der Waals surface area contributed by atoms with E-state index in [1.807, 2.05) is 49.4 Å². The highest BCUT2D eigenvalue weighted by Crippen LogP contribution is 2.18. The monoisotopic (exact) mass is 297 g/mol. The van der Waals surface area contributed by atoms with Crippen LogP contribution in [-0.2, 0) is 4.79 Å². The summed E-state index contributed by atoms with van der Waals surface area (Å²) in [4.78, 5) is 11.9. The van der Waals surface area contributed by atoms with Crippen LogP contribution in [0, 0.1) is 6.92 Å². The van der Waals surface area contributed by atoms with Gasteiger partial charge in [0, 0.05) is 6.42 Å². The lowest BCUT2D eigenvalue weighted by Gasteiger charge is -2.12. The molecule has 3 nitrogen and oxygen atoms in total. The fourth-order valence-corrected chi connectivity index (χ4v) is 2.24. The molecule has 0 saturated carbocycles. The molecule has 0 radical (unpaired) electrons. The topological polar surface area (TPSA) is 38.3 Å². The van der Waals surface area contributed by atoms with Crippen LogP contribution in [0.2, 0.25) is 0 Å². The number of benzene rings is 2. The molecule has 0 aromatic heterocycles. The van der Waals surface area contributed by atoms with Crippen LogP contribution in [0.4, 0.5) is 0 Å². The second-order valence-electron chi connectivity index (χ2n) is 5.53. The molecule has 0 aliphatic carbocycles. The summed E-state index contributed by atoms with van der Waals surface area (Å²) in [6, 6.07) is 18.0. The Morgan fingerprint density at radius 2 is 1.77 bits per heavy atom. The molecule has 2 aromatic rings. The van der Waals surface area contributed by atoms with Gasteiger partial charge in [-0.05, 0) is 30.5 Å². The molecule has 0 spiro atoms. The van der Waals surface area contributed by atoms with Crippen LogP contribution in [0.25, 0.3) is 0 Å². The van der Waals surface area contributed by atoms with Crippen molar-refractivity contribution in [1.29, 1.82) is 0 Å². The predicted octanol–water partition coefficient (Wildman–Crippen LogP) is 3.68. The average molecular weight is 297 g/mol. The van der Waals surface area contributed by atoms with Crippen LogP contribution in [0.15, 0.2) is 54.6 Å². The Bertz CT molecular complexity index is 578. The normalized spacial score (nSPS) is 11.7. The van der Waals surface area contributed by atoms with E-state index in [2.05, 4.69) is 24.4 Å². The highest BCUT2D eigenvalue weighted by Gasteiger charge is 2.10. The number of amides is 1. The first-order valence-corrected chi connectivity index (χ1v) is 7.66. The summed E-state index contributed by atoms with van der Waals surface area (Å²) in [6.45, 7) is 5.11. The molecule has 0 fully saturated rings. The summed E-state index contributed by atoms with van der Waals surface area (Å²) >= 11 is 0. The maximum absolute atomic E-state index is 11.9. The van der Waals surface area contributed by atoms with E-state index in [-0.39, 0.29) is 11.8 Å². The van der Waals surface area contributed by atoms with Gasteiger partial charge in [0.2, 0.25) is 5.91 Å². The lowest BCUT2D eigenvalue weighted by Crippen LogP contribution is -2.28. The molecule has 0 saturated heterocycles. The molecule has 0 aliphatic rings. The van der Waals surface area contributed by atoms with Crippen LogP contribution in [0.1, 0.15) is 30.4 Å². The Balaban J connectivity index is 1.66. The molecular weight excluding hydrogens is 274 g/mol. The lowest BCUT2D eigenvalue weighted by atomic mass is 9.98. The van der Waals surface area contributed by atoms with E-state index in [0.29, 0.717) is 19.6 Å². The van der Waals surface area contributed by atoms with Crippen molar-refractivity contribution in [1.82, 2.24) is 5.32 Å². The van der Waals surface area contributed by atoms with Gasteiger partial charge in [-0.2, -0.15) is 0 Å². The Morgan fingerprint density at radius 1 is 1.09 bits per heavy atom. The summed E-state index contributed by atoms with van der Waals surface area (Å²) in [7, 11) is 0. The van der Waals surface area contributed by atoms with Crippen LogP contribution >= 0.6 is 0 Å². The Kier molecular flexibility index (Phi) is 6.01. The van der Waals surface area contributed by atoms with Crippen molar-refractivity contribution in [3.8, 4) is 5.75 Å². The molecule has 2 rings (SSSR count). The van der Waals surface area contributed by atoms with Gasteiger partial charge in [0.05, 0.1) is 6.54 Å². The largest absolute Gasteiger partial charge is 0.492 e. The van der Waals surface area contributed by atoms with Gasteiger partial charge >= 0.3 is 0 Å². The fourth-order valence-electron chi connectivity index (χ4n) is 2.24. The standard InChI is InChI=1S/C19H23NO2/c1-15-8-10-18(11-9-15)22-13-12-20-19(21)14-16(2)17-6-4-3-5-7-17/h3-11,16H,12-14H2,1-2H3,(H,20,21). The van der Waals surface area contributed by atoms with Crippen LogP contribution in [0.5, 0.6) is 5.75 Å².